The van der Waals surface area contributed by atoms with E-state index in [1.807, 2.05) is 0 Å². The fraction of sp³-hybridized carbons (Fsp3) is 0.250. The lowest BCUT2D eigenvalue weighted by Crippen LogP contribution is -2.27. The minimum absolute atomic E-state index is 0.0133. The molecule has 1 aromatic heterocycles. The monoisotopic (exact) mass is 207 g/mol. The van der Waals surface area contributed by atoms with E-state index in [-0.39, 0.29) is 42.0 Å². The minimum Gasteiger partial charge on any atom is -0.382 e. The van der Waals surface area contributed by atoms with E-state index in [2.05, 4.69) is 9.97 Å². The molecule has 1 aliphatic rings. The van der Waals surface area contributed by atoms with Gasteiger partial charge in [-0.25, -0.2) is 9.97 Å². The summed E-state index contributed by atoms with van der Waals surface area (Å²) in [6.07, 6.45) is 1.09. The molecule has 78 valence electrons. The molecule has 1 aliphatic heterocycles. The van der Waals surface area contributed by atoms with Crippen LogP contribution in [-0.2, 0) is 9.59 Å². The maximum Gasteiger partial charge on any atom is 0.235 e. The maximum atomic E-state index is 11.4. The molecular formula is C8H9N5O2. The van der Waals surface area contributed by atoms with E-state index in [4.69, 9.17) is 11.5 Å². The van der Waals surface area contributed by atoms with E-state index in [0.717, 1.165) is 0 Å². The number of rotatable bonds is 1. The van der Waals surface area contributed by atoms with Crippen molar-refractivity contribution >= 4 is 29.0 Å². The minimum atomic E-state index is -0.326. The molecule has 0 aliphatic carbocycles. The van der Waals surface area contributed by atoms with Crippen LogP contribution in [0.1, 0.15) is 6.42 Å². The first kappa shape index (κ1) is 9.38. The molecule has 0 spiro atoms. The first-order valence-corrected chi connectivity index (χ1v) is 4.27. The number of ketones is 1. The van der Waals surface area contributed by atoms with Gasteiger partial charge in [0.1, 0.15) is 12.0 Å². The summed E-state index contributed by atoms with van der Waals surface area (Å²) in [5.74, 6) is -0.285. The Kier molecular flexibility index (Phi) is 2.00. The van der Waals surface area contributed by atoms with Gasteiger partial charge in [-0.15, -0.1) is 0 Å². The molecule has 0 unspecified atom stereocenters. The average molecular weight is 207 g/mol. The lowest BCUT2D eigenvalue weighted by molar-refractivity contribution is -0.121. The second kappa shape index (κ2) is 3.19. The summed E-state index contributed by atoms with van der Waals surface area (Å²) in [5, 5.41) is 0. The Hall–Kier alpha value is -2.18. The Morgan fingerprint density at radius 2 is 1.80 bits per heavy atom. The van der Waals surface area contributed by atoms with Gasteiger partial charge in [-0.3, -0.25) is 14.5 Å². The Labute approximate surface area is 85.1 Å². The fourth-order valence-electron chi connectivity index (χ4n) is 1.47. The normalized spacial score (nSPS) is 16.1. The third-order valence-electron chi connectivity index (χ3n) is 2.13. The largest absolute Gasteiger partial charge is 0.382 e. The van der Waals surface area contributed by atoms with Gasteiger partial charge in [-0.05, 0) is 0 Å². The number of nitrogens with zero attached hydrogens (tertiary/aromatic N) is 3. The standard InChI is InChI=1S/C8H9N5O2/c9-7-6(8(10)12-3-11-7)13-2-4(14)1-5(13)15/h3H,1-2H2,(H4,9,10,11,12). The number of carbonyl (C=O) groups is 2. The van der Waals surface area contributed by atoms with Crippen LogP contribution in [0.25, 0.3) is 0 Å². The SMILES string of the molecule is Nc1ncnc(N)c1N1CC(=O)CC1=O. The van der Waals surface area contributed by atoms with Crippen LogP contribution in [0, 0.1) is 0 Å². The van der Waals surface area contributed by atoms with Crippen LogP contribution in [0.5, 0.6) is 0 Å². The van der Waals surface area contributed by atoms with Gasteiger partial charge >= 0.3 is 0 Å². The molecule has 0 atom stereocenters. The van der Waals surface area contributed by atoms with Gasteiger partial charge in [-0.2, -0.15) is 0 Å². The topological polar surface area (TPSA) is 115 Å². The quantitative estimate of drug-likeness (QED) is 0.567. The highest BCUT2D eigenvalue weighted by Crippen LogP contribution is 2.28. The van der Waals surface area contributed by atoms with Gasteiger partial charge in [0.05, 0.1) is 13.0 Å². The number of nitrogens with two attached hydrogens (primary N) is 2. The van der Waals surface area contributed by atoms with Crippen molar-refractivity contribution in [3.63, 3.8) is 0 Å². The van der Waals surface area contributed by atoms with Crippen molar-refractivity contribution in [1.29, 1.82) is 0 Å². The van der Waals surface area contributed by atoms with Crippen molar-refractivity contribution in [1.82, 2.24) is 9.97 Å². The highest BCUT2D eigenvalue weighted by atomic mass is 16.2. The maximum absolute atomic E-state index is 11.4. The number of aromatic nitrogens is 2. The number of nitrogen functional groups attached to an aromatic ring is 2. The summed E-state index contributed by atoms with van der Waals surface area (Å²) in [5.41, 5.74) is 11.4. The van der Waals surface area contributed by atoms with E-state index >= 15 is 0 Å². The molecule has 7 heteroatoms. The van der Waals surface area contributed by atoms with Crippen LogP contribution in [0.15, 0.2) is 6.33 Å². The van der Waals surface area contributed by atoms with Gasteiger partial charge < -0.3 is 11.5 Å². The molecule has 1 aromatic rings. The Balaban J connectivity index is 2.46. The van der Waals surface area contributed by atoms with E-state index < -0.39 is 0 Å². The molecule has 4 N–H and O–H groups in total. The molecule has 1 fully saturated rings. The van der Waals surface area contributed by atoms with E-state index in [1.165, 1.54) is 11.2 Å². The molecule has 0 saturated carbocycles. The van der Waals surface area contributed by atoms with Crippen molar-refractivity contribution in [2.75, 3.05) is 22.9 Å². The third-order valence-corrected chi connectivity index (χ3v) is 2.13. The summed E-state index contributed by atoms with van der Waals surface area (Å²) >= 11 is 0. The summed E-state index contributed by atoms with van der Waals surface area (Å²) in [6.45, 7) is -0.0133. The predicted molar refractivity (Wildman–Crippen MR) is 52.8 cm³/mol. The van der Waals surface area contributed by atoms with E-state index in [1.54, 1.807) is 0 Å². The number of carbonyl (C=O) groups excluding carboxylic acids is 2. The first-order chi connectivity index (χ1) is 7.09. The van der Waals surface area contributed by atoms with Gasteiger partial charge in [0.15, 0.2) is 17.4 Å². The molecule has 0 bridgehead atoms. The first-order valence-electron chi connectivity index (χ1n) is 4.27. The molecule has 0 aromatic carbocycles. The zero-order valence-electron chi connectivity index (χ0n) is 7.80. The predicted octanol–water partition coefficient (Wildman–Crippen LogP) is -1.05. The number of hydrogen-bond acceptors (Lipinski definition) is 6. The van der Waals surface area contributed by atoms with E-state index in [0.29, 0.717) is 0 Å². The highest BCUT2D eigenvalue weighted by Gasteiger charge is 2.31. The summed E-state index contributed by atoms with van der Waals surface area (Å²) < 4.78 is 0. The fourth-order valence-corrected chi connectivity index (χ4v) is 1.47. The molecular weight excluding hydrogens is 198 g/mol. The molecule has 1 amide bonds. The van der Waals surface area contributed by atoms with Crippen molar-refractivity contribution < 1.29 is 9.59 Å². The smallest absolute Gasteiger partial charge is 0.235 e. The van der Waals surface area contributed by atoms with Gasteiger partial charge in [0.2, 0.25) is 5.91 Å². The molecule has 0 radical (unpaired) electrons. The van der Waals surface area contributed by atoms with Gasteiger partial charge in [-0.1, -0.05) is 0 Å². The van der Waals surface area contributed by atoms with Gasteiger partial charge in [0.25, 0.3) is 0 Å². The van der Waals surface area contributed by atoms with Crippen molar-refractivity contribution in [3.8, 4) is 0 Å². The third kappa shape index (κ3) is 1.47. The Bertz CT molecular complexity index is 424. The highest BCUT2D eigenvalue weighted by molar-refractivity contribution is 6.16. The molecule has 15 heavy (non-hydrogen) atoms. The zero-order chi connectivity index (χ0) is 11.0. The Morgan fingerprint density at radius 1 is 1.20 bits per heavy atom. The van der Waals surface area contributed by atoms with Crippen LogP contribution in [-0.4, -0.2) is 28.2 Å². The number of anilines is 3. The van der Waals surface area contributed by atoms with Crippen LogP contribution in [0.4, 0.5) is 17.3 Å². The summed E-state index contributed by atoms with van der Waals surface area (Å²) in [4.78, 5) is 31.2. The molecule has 1 saturated heterocycles. The number of amides is 1. The molecule has 2 heterocycles. The summed E-state index contributed by atoms with van der Waals surface area (Å²) in [7, 11) is 0. The number of hydrogen-bond donors (Lipinski definition) is 2. The molecule has 7 nitrogen and oxygen atoms in total. The van der Waals surface area contributed by atoms with Crippen LogP contribution in [0.2, 0.25) is 0 Å². The summed E-state index contributed by atoms with van der Waals surface area (Å²) in [6, 6.07) is 0. The van der Waals surface area contributed by atoms with Crippen LogP contribution < -0.4 is 16.4 Å². The van der Waals surface area contributed by atoms with Crippen LogP contribution >= 0.6 is 0 Å². The zero-order valence-corrected chi connectivity index (χ0v) is 7.80. The Morgan fingerprint density at radius 3 is 2.27 bits per heavy atom. The lowest BCUT2D eigenvalue weighted by atomic mass is 10.3. The lowest BCUT2D eigenvalue weighted by Gasteiger charge is -2.17. The van der Waals surface area contributed by atoms with E-state index in [9.17, 15) is 9.59 Å². The van der Waals surface area contributed by atoms with Crippen LogP contribution in [0.3, 0.4) is 0 Å². The molecule has 2 rings (SSSR count). The van der Waals surface area contributed by atoms with Gasteiger partial charge in [0, 0.05) is 0 Å². The van der Waals surface area contributed by atoms with Crippen molar-refractivity contribution in [2.45, 2.75) is 6.42 Å². The second-order valence-corrected chi connectivity index (χ2v) is 3.19. The second-order valence-electron chi connectivity index (χ2n) is 3.19. The van der Waals surface area contributed by atoms with Crippen molar-refractivity contribution in [2.24, 2.45) is 0 Å². The average Bonchev–Trinajstić information content (AvgIpc) is 2.45. The number of Topliss-reactive ketones (excluding diaryl/α,β-unsaturated/α-hetero) is 1. The van der Waals surface area contributed by atoms with Crippen molar-refractivity contribution in [3.05, 3.63) is 6.33 Å².